The average Bonchev–Trinajstić information content (AvgIpc) is 2.60. The highest BCUT2D eigenvalue weighted by molar-refractivity contribution is 5.95. The molecule has 2 rings (SSSR count). The molecule has 0 spiro atoms. The molecular formula is C16H14N4O4. The van der Waals surface area contributed by atoms with E-state index in [9.17, 15) is 14.4 Å². The first kappa shape index (κ1) is 16.8. The van der Waals surface area contributed by atoms with Gasteiger partial charge in [0.25, 0.3) is 17.4 Å². The average molecular weight is 326 g/mol. The second kappa shape index (κ2) is 7.60. The Hall–Kier alpha value is -3.60. The van der Waals surface area contributed by atoms with Gasteiger partial charge < -0.3 is 9.72 Å². The predicted molar refractivity (Wildman–Crippen MR) is 83.9 cm³/mol. The summed E-state index contributed by atoms with van der Waals surface area (Å²) in [7, 11) is 0. The van der Waals surface area contributed by atoms with Crippen LogP contribution in [0.4, 0.5) is 0 Å². The summed E-state index contributed by atoms with van der Waals surface area (Å²) in [5, 5.41) is 8.71. The van der Waals surface area contributed by atoms with Crippen LogP contribution in [0.25, 0.3) is 0 Å². The number of H-pyrrole nitrogens is 1. The molecule has 1 heterocycles. The van der Waals surface area contributed by atoms with Crippen LogP contribution in [0, 0.1) is 11.3 Å². The molecule has 0 saturated carbocycles. The molecule has 0 unspecified atom stereocenters. The molecule has 0 saturated heterocycles. The Bertz CT molecular complexity index is 836. The number of pyridine rings is 1. The third-order valence-corrected chi connectivity index (χ3v) is 3.03. The molecule has 0 aliphatic heterocycles. The van der Waals surface area contributed by atoms with Crippen molar-refractivity contribution >= 4 is 11.8 Å². The molecule has 1 atom stereocenters. The number of nitrogens with zero attached hydrogens (tertiary/aromatic N) is 1. The molecule has 0 radical (unpaired) electrons. The van der Waals surface area contributed by atoms with E-state index in [1.807, 2.05) is 6.07 Å². The number of nitrogens with one attached hydrogen (secondary N) is 3. The fraction of sp³-hybridized carbons (Fsp3) is 0.125. The van der Waals surface area contributed by atoms with Gasteiger partial charge in [0.05, 0.1) is 11.6 Å². The molecule has 0 fully saturated rings. The van der Waals surface area contributed by atoms with Crippen LogP contribution in [-0.4, -0.2) is 22.9 Å². The summed E-state index contributed by atoms with van der Waals surface area (Å²) >= 11 is 0. The smallest absolute Gasteiger partial charge is 0.279 e. The number of ether oxygens (including phenoxy) is 1. The number of nitriles is 1. The van der Waals surface area contributed by atoms with Crippen LogP contribution in [0.2, 0.25) is 0 Å². The van der Waals surface area contributed by atoms with Gasteiger partial charge >= 0.3 is 0 Å². The zero-order valence-electron chi connectivity index (χ0n) is 12.7. The highest BCUT2D eigenvalue weighted by Gasteiger charge is 2.16. The first-order valence-electron chi connectivity index (χ1n) is 6.96. The molecule has 122 valence electrons. The number of amides is 2. The Morgan fingerprint density at radius 3 is 2.54 bits per heavy atom. The summed E-state index contributed by atoms with van der Waals surface area (Å²) in [6, 6.07) is 11.0. The van der Waals surface area contributed by atoms with Gasteiger partial charge in [0, 0.05) is 6.20 Å². The van der Waals surface area contributed by atoms with Crippen molar-refractivity contribution in [2.24, 2.45) is 0 Å². The maximum absolute atomic E-state index is 11.9. The number of hydrazine groups is 1. The van der Waals surface area contributed by atoms with Crippen molar-refractivity contribution in [1.29, 1.82) is 5.26 Å². The maximum atomic E-state index is 11.9. The van der Waals surface area contributed by atoms with E-state index >= 15 is 0 Å². The number of benzene rings is 1. The minimum absolute atomic E-state index is 0.126. The van der Waals surface area contributed by atoms with Crippen LogP contribution in [0.1, 0.15) is 22.8 Å². The first-order valence-corrected chi connectivity index (χ1v) is 6.96. The van der Waals surface area contributed by atoms with Gasteiger partial charge in [-0.05, 0) is 43.3 Å². The van der Waals surface area contributed by atoms with Crippen LogP contribution in [0.5, 0.6) is 5.75 Å². The van der Waals surface area contributed by atoms with Crippen LogP contribution >= 0.6 is 0 Å². The van der Waals surface area contributed by atoms with Crippen molar-refractivity contribution in [2.75, 3.05) is 0 Å². The lowest BCUT2D eigenvalue weighted by atomic mass is 10.2. The van der Waals surface area contributed by atoms with E-state index in [1.54, 1.807) is 24.3 Å². The zero-order valence-corrected chi connectivity index (χ0v) is 12.7. The number of aromatic nitrogens is 1. The first-order chi connectivity index (χ1) is 11.5. The number of rotatable bonds is 4. The Morgan fingerprint density at radius 1 is 1.21 bits per heavy atom. The fourth-order valence-corrected chi connectivity index (χ4v) is 1.75. The Balaban J connectivity index is 1.89. The van der Waals surface area contributed by atoms with E-state index in [1.165, 1.54) is 25.3 Å². The Kier molecular flexibility index (Phi) is 5.31. The highest BCUT2D eigenvalue weighted by Crippen LogP contribution is 2.13. The summed E-state index contributed by atoms with van der Waals surface area (Å²) in [5.74, 6) is -0.932. The van der Waals surface area contributed by atoms with Crippen molar-refractivity contribution < 1.29 is 14.3 Å². The predicted octanol–water partition coefficient (Wildman–Crippen LogP) is 0.475. The molecule has 2 amide bonds. The fourth-order valence-electron chi connectivity index (χ4n) is 1.75. The van der Waals surface area contributed by atoms with E-state index in [-0.39, 0.29) is 5.56 Å². The number of carbonyl (C=O) groups is 2. The molecule has 1 aromatic carbocycles. The summed E-state index contributed by atoms with van der Waals surface area (Å²) < 4.78 is 5.40. The SMILES string of the molecule is C[C@H](Oc1ccc(C#N)cc1)C(=O)NNC(=O)c1ccc[nH]c1=O. The normalized spacial score (nSPS) is 11.0. The maximum Gasteiger partial charge on any atom is 0.279 e. The number of hydrogen-bond acceptors (Lipinski definition) is 5. The number of carbonyl (C=O) groups excluding carboxylic acids is 2. The zero-order chi connectivity index (χ0) is 17.5. The molecular weight excluding hydrogens is 312 g/mol. The molecule has 2 aromatic rings. The lowest BCUT2D eigenvalue weighted by molar-refractivity contribution is -0.128. The van der Waals surface area contributed by atoms with E-state index in [0.29, 0.717) is 11.3 Å². The van der Waals surface area contributed by atoms with E-state index < -0.39 is 23.5 Å². The summed E-state index contributed by atoms with van der Waals surface area (Å²) in [4.78, 5) is 37.5. The highest BCUT2D eigenvalue weighted by atomic mass is 16.5. The lowest BCUT2D eigenvalue weighted by Crippen LogP contribution is -2.48. The molecule has 3 N–H and O–H groups in total. The molecule has 0 bridgehead atoms. The van der Waals surface area contributed by atoms with Crippen molar-refractivity contribution in [3.05, 3.63) is 64.1 Å². The number of hydrogen-bond donors (Lipinski definition) is 3. The van der Waals surface area contributed by atoms with Gasteiger partial charge in [0.1, 0.15) is 11.3 Å². The van der Waals surface area contributed by atoms with Gasteiger partial charge in [-0.25, -0.2) is 0 Å². The van der Waals surface area contributed by atoms with Crippen molar-refractivity contribution in [3.8, 4) is 11.8 Å². The summed E-state index contributed by atoms with van der Waals surface area (Å²) in [6.07, 6.45) is 0.498. The van der Waals surface area contributed by atoms with E-state index in [0.717, 1.165) is 0 Å². The standard InChI is InChI=1S/C16H14N4O4/c1-10(24-12-6-4-11(9-17)5-7-12)14(21)19-20-16(23)13-3-2-8-18-15(13)22/h2-8,10H,1H3,(H,18,22)(H,19,21)(H,20,23)/t10-/m0/s1. The third-order valence-electron chi connectivity index (χ3n) is 3.03. The number of aromatic amines is 1. The van der Waals surface area contributed by atoms with E-state index in [4.69, 9.17) is 10.00 Å². The quantitative estimate of drug-likeness (QED) is 0.705. The van der Waals surface area contributed by atoms with Crippen LogP contribution in [0.15, 0.2) is 47.4 Å². The van der Waals surface area contributed by atoms with Gasteiger partial charge in [-0.15, -0.1) is 0 Å². The van der Waals surface area contributed by atoms with Gasteiger partial charge in [0.2, 0.25) is 0 Å². The third kappa shape index (κ3) is 4.20. The van der Waals surface area contributed by atoms with Crippen molar-refractivity contribution in [3.63, 3.8) is 0 Å². The summed E-state index contributed by atoms with van der Waals surface area (Å²) in [5.41, 5.74) is 4.11. The minimum Gasteiger partial charge on any atom is -0.481 e. The second-order valence-corrected chi connectivity index (χ2v) is 4.75. The van der Waals surface area contributed by atoms with Gasteiger partial charge in [-0.3, -0.25) is 25.2 Å². The minimum atomic E-state index is -0.896. The van der Waals surface area contributed by atoms with Gasteiger partial charge in [-0.1, -0.05) is 0 Å². The van der Waals surface area contributed by atoms with Crippen LogP contribution in [0.3, 0.4) is 0 Å². The molecule has 8 heteroatoms. The van der Waals surface area contributed by atoms with E-state index in [2.05, 4.69) is 15.8 Å². The molecule has 0 aliphatic carbocycles. The van der Waals surface area contributed by atoms with Gasteiger partial charge in [0.15, 0.2) is 6.10 Å². The largest absolute Gasteiger partial charge is 0.481 e. The molecule has 1 aromatic heterocycles. The monoisotopic (exact) mass is 326 g/mol. The van der Waals surface area contributed by atoms with Crippen LogP contribution in [-0.2, 0) is 4.79 Å². The van der Waals surface area contributed by atoms with Crippen molar-refractivity contribution in [2.45, 2.75) is 13.0 Å². The summed E-state index contributed by atoms with van der Waals surface area (Å²) in [6.45, 7) is 1.50. The Morgan fingerprint density at radius 2 is 1.92 bits per heavy atom. The molecule has 8 nitrogen and oxygen atoms in total. The topological polar surface area (TPSA) is 124 Å². The second-order valence-electron chi connectivity index (χ2n) is 4.75. The molecule has 0 aliphatic rings. The van der Waals surface area contributed by atoms with Gasteiger partial charge in [-0.2, -0.15) is 5.26 Å². The Labute approximate surface area is 137 Å². The van der Waals surface area contributed by atoms with Crippen LogP contribution < -0.4 is 21.1 Å². The lowest BCUT2D eigenvalue weighted by Gasteiger charge is -2.15. The molecule has 24 heavy (non-hydrogen) atoms. The van der Waals surface area contributed by atoms with Crippen molar-refractivity contribution in [1.82, 2.24) is 15.8 Å².